The Balaban J connectivity index is 3.08. The van der Waals surface area contributed by atoms with Gasteiger partial charge in [-0.05, 0) is 26.0 Å². The molecule has 0 heterocycles. The van der Waals surface area contributed by atoms with Crippen molar-refractivity contribution in [1.82, 2.24) is 4.90 Å². The van der Waals surface area contributed by atoms with Crippen molar-refractivity contribution in [3.8, 4) is 5.75 Å². The van der Waals surface area contributed by atoms with Crippen LogP contribution < -0.4 is 10.5 Å². The largest absolute Gasteiger partial charge is 0.434 e. The van der Waals surface area contributed by atoms with E-state index in [0.29, 0.717) is 0 Å². The molecular weight excluding hydrogens is 286 g/mol. The van der Waals surface area contributed by atoms with Crippen molar-refractivity contribution in [3.05, 3.63) is 29.8 Å². The van der Waals surface area contributed by atoms with Gasteiger partial charge in [-0.25, -0.2) is 0 Å². The Bertz CT molecular complexity index is 495. The fourth-order valence-corrected chi connectivity index (χ4v) is 1.79. The lowest BCUT2D eigenvalue weighted by Gasteiger charge is -2.27. The van der Waals surface area contributed by atoms with E-state index in [4.69, 9.17) is 18.0 Å². The van der Waals surface area contributed by atoms with Gasteiger partial charge < -0.3 is 15.4 Å². The molecule has 0 fully saturated rings. The minimum atomic E-state index is -2.99. The van der Waals surface area contributed by atoms with Gasteiger partial charge >= 0.3 is 6.61 Å². The van der Waals surface area contributed by atoms with Crippen LogP contribution in [-0.4, -0.2) is 35.0 Å². The standard InChI is InChI=1S/C13H16F2N2O2S/c1-8(2)17(7-11(16)20)12(18)9-5-3-4-6-10(9)19-13(14)15/h3-6,8,13H,7H2,1-2H3,(H2,16,20). The van der Waals surface area contributed by atoms with E-state index in [1.807, 2.05) is 0 Å². The molecule has 2 N–H and O–H groups in total. The monoisotopic (exact) mass is 302 g/mol. The Kier molecular flexibility index (Phi) is 5.82. The summed E-state index contributed by atoms with van der Waals surface area (Å²) in [4.78, 5) is 14.0. The topological polar surface area (TPSA) is 55.6 Å². The Labute approximate surface area is 121 Å². The number of nitrogens with two attached hydrogens (primary N) is 1. The van der Waals surface area contributed by atoms with Crippen molar-refractivity contribution < 1.29 is 18.3 Å². The lowest BCUT2D eigenvalue weighted by molar-refractivity contribution is -0.0502. The number of hydrogen-bond acceptors (Lipinski definition) is 3. The quantitative estimate of drug-likeness (QED) is 0.820. The molecule has 20 heavy (non-hydrogen) atoms. The van der Waals surface area contributed by atoms with Gasteiger partial charge in [0.1, 0.15) is 5.75 Å². The summed E-state index contributed by atoms with van der Waals surface area (Å²) in [5.74, 6) is -0.620. The number of benzene rings is 1. The number of carbonyl (C=O) groups excluding carboxylic acids is 1. The van der Waals surface area contributed by atoms with Crippen LogP contribution in [0.2, 0.25) is 0 Å². The molecule has 0 atom stereocenters. The number of thiocarbonyl (C=S) groups is 1. The Morgan fingerprint density at radius 3 is 2.50 bits per heavy atom. The Morgan fingerprint density at radius 2 is 2.00 bits per heavy atom. The first-order chi connectivity index (χ1) is 9.32. The molecule has 1 rings (SSSR count). The summed E-state index contributed by atoms with van der Waals surface area (Å²) in [7, 11) is 0. The maximum Gasteiger partial charge on any atom is 0.387 e. The number of nitrogens with zero attached hydrogens (tertiary/aromatic N) is 1. The predicted molar refractivity (Wildman–Crippen MR) is 76.0 cm³/mol. The van der Waals surface area contributed by atoms with Gasteiger partial charge in [0, 0.05) is 6.04 Å². The van der Waals surface area contributed by atoms with Gasteiger partial charge in [0.25, 0.3) is 5.91 Å². The maximum absolute atomic E-state index is 12.4. The van der Waals surface area contributed by atoms with Crippen molar-refractivity contribution in [2.24, 2.45) is 5.73 Å². The third kappa shape index (κ3) is 4.41. The van der Waals surface area contributed by atoms with Crippen molar-refractivity contribution in [3.63, 3.8) is 0 Å². The number of rotatable bonds is 6. The molecule has 7 heteroatoms. The molecule has 0 bridgehead atoms. The van der Waals surface area contributed by atoms with Crippen LogP contribution in [0.15, 0.2) is 24.3 Å². The number of ether oxygens (including phenoxy) is 1. The van der Waals surface area contributed by atoms with E-state index in [0.717, 1.165) is 0 Å². The SMILES string of the molecule is CC(C)N(CC(N)=S)C(=O)c1ccccc1OC(F)F. The highest BCUT2D eigenvalue weighted by molar-refractivity contribution is 7.80. The normalized spacial score (nSPS) is 10.7. The molecule has 1 amide bonds. The molecule has 0 unspecified atom stereocenters. The predicted octanol–water partition coefficient (Wildman–Crippen LogP) is 2.42. The third-order valence-corrected chi connectivity index (χ3v) is 2.67. The molecule has 0 aliphatic heterocycles. The van der Waals surface area contributed by atoms with Crippen LogP contribution in [-0.2, 0) is 0 Å². The minimum Gasteiger partial charge on any atom is -0.434 e. The molecule has 110 valence electrons. The van der Waals surface area contributed by atoms with Crippen molar-refractivity contribution in [2.45, 2.75) is 26.5 Å². The van der Waals surface area contributed by atoms with E-state index in [-0.39, 0.29) is 28.9 Å². The average Bonchev–Trinajstić information content (AvgIpc) is 2.34. The highest BCUT2D eigenvalue weighted by atomic mass is 32.1. The number of alkyl halides is 2. The second-order valence-electron chi connectivity index (χ2n) is 4.37. The molecule has 0 aliphatic rings. The zero-order valence-corrected chi connectivity index (χ0v) is 12.0. The summed E-state index contributed by atoms with van der Waals surface area (Å²) < 4.78 is 29.0. The molecule has 0 saturated heterocycles. The van der Waals surface area contributed by atoms with Crippen LogP contribution in [0.1, 0.15) is 24.2 Å². The molecular formula is C13H16F2N2O2S. The van der Waals surface area contributed by atoms with Gasteiger partial charge in [0.05, 0.1) is 17.1 Å². The van der Waals surface area contributed by atoms with E-state index < -0.39 is 12.5 Å². The summed E-state index contributed by atoms with van der Waals surface area (Å²) in [5, 5.41) is 0. The fraction of sp³-hybridized carbons (Fsp3) is 0.385. The number of hydrogen-bond donors (Lipinski definition) is 1. The molecule has 4 nitrogen and oxygen atoms in total. The van der Waals surface area contributed by atoms with Crippen LogP contribution in [0.5, 0.6) is 5.75 Å². The van der Waals surface area contributed by atoms with Gasteiger partial charge in [-0.2, -0.15) is 8.78 Å². The molecule has 0 saturated carbocycles. The Morgan fingerprint density at radius 1 is 1.40 bits per heavy atom. The average molecular weight is 302 g/mol. The van der Waals surface area contributed by atoms with Gasteiger partial charge in [-0.15, -0.1) is 0 Å². The molecule has 0 aliphatic carbocycles. The van der Waals surface area contributed by atoms with Crippen LogP contribution in [0.4, 0.5) is 8.78 Å². The lowest BCUT2D eigenvalue weighted by atomic mass is 10.1. The van der Waals surface area contributed by atoms with Gasteiger partial charge in [0.2, 0.25) is 0 Å². The van der Waals surface area contributed by atoms with Crippen molar-refractivity contribution in [2.75, 3.05) is 6.54 Å². The van der Waals surface area contributed by atoms with Gasteiger partial charge in [0.15, 0.2) is 0 Å². The number of para-hydroxylation sites is 1. The second kappa shape index (κ2) is 7.14. The van der Waals surface area contributed by atoms with Crippen LogP contribution in [0.25, 0.3) is 0 Å². The van der Waals surface area contributed by atoms with Crippen molar-refractivity contribution >= 4 is 23.1 Å². The number of carbonyl (C=O) groups is 1. The smallest absolute Gasteiger partial charge is 0.387 e. The van der Waals surface area contributed by atoms with E-state index in [9.17, 15) is 13.6 Å². The van der Waals surface area contributed by atoms with Crippen LogP contribution >= 0.6 is 12.2 Å². The van der Waals surface area contributed by atoms with E-state index in [1.54, 1.807) is 19.9 Å². The first-order valence-corrected chi connectivity index (χ1v) is 6.37. The molecule has 1 aromatic carbocycles. The molecule has 0 aromatic heterocycles. The second-order valence-corrected chi connectivity index (χ2v) is 4.89. The minimum absolute atomic E-state index is 0.0535. The number of amides is 1. The van der Waals surface area contributed by atoms with Crippen LogP contribution in [0, 0.1) is 0 Å². The van der Waals surface area contributed by atoms with Crippen LogP contribution in [0.3, 0.4) is 0 Å². The third-order valence-electron chi connectivity index (χ3n) is 2.54. The molecule has 1 aromatic rings. The lowest BCUT2D eigenvalue weighted by Crippen LogP contribution is -2.42. The summed E-state index contributed by atoms with van der Waals surface area (Å²) in [5.41, 5.74) is 5.51. The molecule has 0 radical (unpaired) electrons. The van der Waals surface area contributed by atoms with Gasteiger partial charge in [-0.1, -0.05) is 24.4 Å². The summed E-state index contributed by atoms with van der Waals surface area (Å²) in [6.45, 7) is 0.654. The fourth-order valence-electron chi connectivity index (χ4n) is 1.65. The number of halogens is 2. The first-order valence-electron chi connectivity index (χ1n) is 5.96. The summed E-state index contributed by atoms with van der Waals surface area (Å²) in [6, 6.07) is 5.66. The van der Waals surface area contributed by atoms with Crippen molar-refractivity contribution in [1.29, 1.82) is 0 Å². The van der Waals surface area contributed by atoms with Gasteiger partial charge in [-0.3, -0.25) is 4.79 Å². The highest BCUT2D eigenvalue weighted by Crippen LogP contribution is 2.22. The maximum atomic E-state index is 12.4. The Hall–Kier alpha value is -1.76. The molecule has 0 spiro atoms. The first kappa shape index (κ1) is 16.3. The van der Waals surface area contributed by atoms with E-state index >= 15 is 0 Å². The zero-order valence-electron chi connectivity index (χ0n) is 11.2. The highest BCUT2D eigenvalue weighted by Gasteiger charge is 2.23. The summed E-state index contributed by atoms with van der Waals surface area (Å²) >= 11 is 4.80. The summed E-state index contributed by atoms with van der Waals surface area (Å²) in [6.07, 6.45) is 0. The van der Waals surface area contributed by atoms with E-state index in [1.165, 1.54) is 23.1 Å². The zero-order chi connectivity index (χ0) is 15.3. The van der Waals surface area contributed by atoms with E-state index in [2.05, 4.69) is 4.74 Å².